The van der Waals surface area contributed by atoms with Crippen LogP contribution in [0.5, 0.6) is 11.8 Å². The Morgan fingerprint density at radius 1 is 1.14 bits per heavy atom. The van der Waals surface area contributed by atoms with Crippen LogP contribution in [-0.4, -0.2) is 32.8 Å². The molecule has 0 aliphatic heterocycles. The van der Waals surface area contributed by atoms with Crippen LogP contribution in [0.1, 0.15) is 36.8 Å². The number of fused-ring (bicyclic) bond motifs is 1. The Kier molecular flexibility index (Phi) is 4.97. The summed E-state index contributed by atoms with van der Waals surface area (Å²) < 4.78 is 50.3. The summed E-state index contributed by atoms with van der Waals surface area (Å²) in [7, 11) is 1.41. The Morgan fingerprint density at radius 3 is 2.32 bits per heavy atom. The number of carbonyl (C=O) groups is 1. The van der Waals surface area contributed by atoms with E-state index in [1.807, 2.05) is 0 Å². The molecule has 1 aromatic carbocycles. The summed E-state index contributed by atoms with van der Waals surface area (Å²) in [6.45, 7) is 4.63. The molecule has 0 fully saturated rings. The fourth-order valence-electron chi connectivity index (χ4n) is 2.80. The largest absolute Gasteiger partial charge is 0.480 e. The van der Waals surface area contributed by atoms with E-state index >= 15 is 0 Å². The van der Waals surface area contributed by atoms with Crippen LogP contribution >= 0.6 is 0 Å². The minimum atomic E-state index is -4.42. The van der Waals surface area contributed by atoms with Gasteiger partial charge in [-0.15, -0.1) is 5.10 Å². The number of benzene rings is 1. The third-order valence-corrected chi connectivity index (χ3v) is 4.12. The lowest BCUT2D eigenvalue weighted by atomic mass is 10.1. The van der Waals surface area contributed by atoms with Gasteiger partial charge in [-0.2, -0.15) is 18.2 Å². The summed E-state index contributed by atoms with van der Waals surface area (Å²) in [6, 6.07) is 4.26. The first-order valence-corrected chi connectivity index (χ1v) is 8.28. The van der Waals surface area contributed by atoms with Gasteiger partial charge in [-0.25, -0.2) is 9.67 Å². The van der Waals surface area contributed by atoms with Crippen molar-refractivity contribution in [1.29, 1.82) is 0 Å². The first kappa shape index (κ1) is 19.6. The SMILES string of the molecule is COc1nc(C)nc2c1c(OC(C)=O)nn2[C@@H](C)c1ccc(C(F)(F)F)cc1. The highest BCUT2D eigenvalue weighted by atomic mass is 19.4. The first-order valence-electron chi connectivity index (χ1n) is 8.28. The first-order chi connectivity index (χ1) is 13.1. The molecular weight excluding hydrogens is 377 g/mol. The zero-order valence-corrected chi connectivity index (χ0v) is 15.5. The average molecular weight is 394 g/mol. The molecule has 0 N–H and O–H groups in total. The Hall–Kier alpha value is -3.17. The Balaban J connectivity index is 2.14. The monoisotopic (exact) mass is 394 g/mol. The molecule has 1 atom stereocenters. The van der Waals surface area contributed by atoms with E-state index in [-0.39, 0.29) is 11.8 Å². The van der Waals surface area contributed by atoms with Gasteiger partial charge in [0.1, 0.15) is 11.2 Å². The van der Waals surface area contributed by atoms with Gasteiger partial charge in [0.25, 0.3) is 5.88 Å². The highest BCUT2D eigenvalue weighted by Gasteiger charge is 2.30. The molecule has 0 aliphatic carbocycles. The molecule has 0 aliphatic rings. The zero-order valence-electron chi connectivity index (χ0n) is 15.5. The highest BCUT2D eigenvalue weighted by Crippen LogP contribution is 2.35. The van der Waals surface area contributed by atoms with Gasteiger partial charge in [0, 0.05) is 6.92 Å². The fourth-order valence-corrected chi connectivity index (χ4v) is 2.80. The number of nitrogens with zero attached hydrogens (tertiary/aromatic N) is 4. The maximum atomic E-state index is 12.8. The van der Waals surface area contributed by atoms with Crippen molar-refractivity contribution >= 4 is 17.0 Å². The summed E-state index contributed by atoms with van der Waals surface area (Å²) >= 11 is 0. The Morgan fingerprint density at radius 2 is 1.79 bits per heavy atom. The van der Waals surface area contributed by atoms with Crippen LogP contribution in [0.3, 0.4) is 0 Å². The van der Waals surface area contributed by atoms with Crippen molar-refractivity contribution in [2.24, 2.45) is 0 Å². The van der Waals surface area contributed by atoms with Crippen molar-refractivity contribution in [2.75, 3.05) is 7.11 Å². The van der Waals surface area contributed by atoms with E-state index < -0.39 is 23.8 Å². The predicted octanol–water partition coefficient (Wildman–Crippen LogP) is 3.70. The number of halogens is 3. The summed E-state index contributed by atoms with van der Waals surface area (Å²) in [6.07, 6.45) is -4.42. The molecule has 0 unspecified atom stereocenters. The minimum absolute atomic E-state index is 0.0295. The number of rotatable bonds is 4. The molecule has 2 heterocycles. The number of esters is 1. The minimum Gasteiger partial charge on any atom is -0.480 e. The molecule has 3 aromatic rings. The van der Waals surface area contributed by atoms with E-state index in [9.17, 15) is 18.0 Å². The molecule has 7 nitrogen and oxygen atoms in total. The van der Waals surface area contributed by atoms with Gasteiger partial charge in [0.05, 0.1) is 18.7 Å². The Bertz CT molecular complexity index is 1030. The van der Waals surface area contributed by atoms with Gasteiger partial charge in [0.2, 0.25) is 5.88 Å². The van der Waals surface area contributed by atoms with Crippen LogP contribution in [0.4, 0.5) is 13.2 Å². The van der Waals surface area contributed by atoms with Gasteiger partial charge >= 0.3 is 12.1 Å². The number of methoxy groups -OCH3 is 1. The van der Waals surface area contributed by atoms with Crippen LogP contribution in [-0.2, 0) is 11.0 Å². The molecule has 10 heteroatoms. The van der Waals surface area contributed by atoms with E-state index in [0.29, 0.717) is 22.4 Å². The van der Waals surface area contributed by atoms with Crippen molar-refractivity contribution in [2.45, 2.75) is 33.0 Å². The second-order valence-corrected chi connectivity index (χ2v) is 6.12. The van der Waals surface area contributed by atoms with Crippen LogP contribution in [0.25, 0.3) is 11.0 Å². The third-order valence-electron chi connectivity index (χ3n) is 4.12. The maximum Gasteiger partial charge on any atom is 0.416 e. The molecule has 0 spiro atoms. The van der Waals surface area contributed by atoms with E-state index in [1.165, 1.54) is 30.8 Å². The van der Waals surface area contributed by atoms with Gasteiger partial charge in [-0.3, -0.25) is 4.79 Å². The number of hydrogen-bond acceptors (Lipinski definition) is 6. The number of aryl methyl sites for hydroxylation is 1. The third kappa shape index (κ3) is 3.62. The molecule has 0 bridgehead atoms. The molecule has 3 rings (SSSR count). The average Bonchev–Trinajstić information content (AvgIpc) is 2.97. The predicted molar refractivity (Wildman–Crippen MR) is 93.2 cm³/mol. The van der Waals surface area contributed by atoms with Crippen LogP contribution in [0.2, 0.25) is 0 Å². The number of hydrogen-bond donors (Lipinski definition) is 0. The summed E-state index contributed by atoms with van der Waals surface area (Å²) in [5, 5.41) is 4.60. The molecule has 28 heavy (non-hydrogen) atoms. The topological polar surface area (TPSA) is 79.1 Å². The standard InChI is InChI=1S/C18H17F3N4O3/c1-9(12-5-7-13(8-6-12)18(19,20)21)25-15-14(17(24-25)28-11(3)26)16(27-4)23-10(2)22-15/h5-9H,1-4H3/t9-/m0/s1. The van der Waals surface area contributed by atoms with Crippen LogP contribution < -0.4 is 9.47 Å². The number of aromatic nitrogens is 4. The van der Waals surface area contributed by atoms with E-state index in [0.717, 1.165) is 12.1 Å². The van der Waals surface area contributed by atoms with Crippen molar-refractivity contribution in [3.63, 3.8) is 0 Å². The number of carbonyl (C=O) groups excluding carboxylic acids is 1. The molecule has 0 saturated carbocycles. The van der Waals surface area contributed by atoms with E-state index in [1.54, 1.807) is 13.8 Å². The van der Waals surface area contributed by atoms with Gasteiger partial charge < -0.3 is 9.47 Å². The number of ether oxygens (including phenoxy) is 2. The Labute approximate surface area is 158 Å². The molecule has 0 amide bonds. The molecule has 148 valence electrons. The second kappa shape index (κ2) is 7.10. The molecule has 0 saturated heterocycles. The highest BCUT2D eigenvalue weighted by molar-refractivity contribution is 5.88. The van der Waals surface area contributed by atoms with Gasteiger partial charge in [0.15, 0.2) is 5.65 Å². The van der Waals surface area contributed by atoms with E-state index in [2.05, 4.69) is 15.1 Å². The molecular formula is C18H17F3N4O3. The van der Waals surface area contributed by atoms with Crippen LogP contribution in [0, 0.1) is 6.92 Å². The second-order valence-electron chi connectivity index (χ2n) is 6.12. The lowest BCUT2D eigenvalue weighted by molar-refractivity contribution is -0.137. The van der Waals surface area contributed by atoms with Crippen molar-refractivity contribution in [3.8, 4) is 11.8 Å². The van der Waals surface area contributed by atoms with Crippen molar-refractivity contribution < 1.29 is 27.4 Å². The summed E-state index contributed by atoms with van der Waals surface area (Å²) in [4.78, 5) is 20.0. The van der Waals surface area contributed by atoms with Crippen LogP contribution in [0.15, 0.2) is 24.3 Å². The smallest absolute Gasteiger partial charge is 0.416 e. The maximum absolute atomic E-state index is 12.8. The lowest BCUT2D eigenvalue weighted by Gasteiger charge is -2.15. The zero-order chi connectivity index (χ0) is 20.6. The number of alkyl halides is 3. The van der Waals surface area contributed by atoms with Crippen molar-refractivity contribution in [1.82, 2.24) is 19.7 Å². The van der Waals surface area contributed by atoms with E-state index in [4.69, 9.17) is 9.47 Å². The molecule has 2 aromatic heterocycles. The summed E-state index contributed by atoms with van der Waals surface area (Å²) in [5.74, 6) is -0.0291. The quantitative estimate of drug-likeness (QED) is 0.628. The van der Waals surface area contributed by atoms with Crippen molar-refractivity contribution in [3.05, 3.63) is 41.2 Å². The lowest BCUT2D eigenvalue weighted by Crippen LogP contribution is -2.11. The molecule has 0 radical (unpaired) electrons. The normalized spacial score (nSPS) is 12.8. The van der Waals surface area contributed by atoms with Gasteiger partial charge in [-0.1, -0.05) is 12.1 Å². The summed E-state index contributed by atoms with van der Waals surface area (Å²) in [5.41, 5.74) is 0.171. The van der Waals surface area contributed by atoms with Gasteiger partial charge in [-0.05, 0) is 31.5 Å². The fraction of sp³-hybridized carbons (Fsp3) is 0.333.